The number of rotatable bonds is 2. The number of benzene rings is 1. The van der Waals surface area contributed by atoms with Crippen molar-refractivity contribution >= 4 is 15.9 Å². The Hall–Kier alpha value is -0.410. The first-order valence-electron chi connectivity index (χ1n) is 6.82. The van der Waals surface area contributed by atoms with E-state index in [0.717, 1.165) is 25.7 Å². The van der Waals surface area contributed by atoms with Crippen LogP contribution in [0, 0.1) is 11.7 Å². The Kier molecular flexibility index (Phi) is 5.19. The second kappa shape index (κ2) is 6.67. The Balaban J connectivity index is 2.13. The van der Waals surface area contributed by atoms with Gasteiger partial charge in [-0.2, -0.15) is 0 Å². The van der Waals surface area contributed by atoms with Gasteiger partial charge in [0.25, 0.3) is 0 Å². The van der Waals surface area contributed by atoms with Crippen molar-refractivity contribution in [3.8, 4) is 0 Å². The normalized spacial score (nSPS) is 20.2. The van der Waals surface area contributed by atoms with Crippen LogP contribution in [-0.2, 0) is 0 Å². The average Bonchev–Trinajstić information content (AvgIpc) is 2.31. The summed E-state index contributed by atoms with van der Waals surface area (Å²) in [6, 6.07) is 5.15. The highest BCUT2D eigenvalue weighted by atomic mass is 79.9. The fourth-order valence-corrected chi connectivity index (χ4v) is 3.19. The molecule has 1 aliphatic rings. The Bertz CT molecular complexity index is 386. The second-order valence-electron chi connectivity index (χ2n) is 5.19. The zero-order valence-electron chi connectivity index (χ0n) is 10.5. The summed E-state index contributed by atoms with van der Waals surface area (Å²) in [5.41, 5.74) is 0.440. The second-order valence-corrected chi connectivity index (χ2v) is 6.05. The number of hydrogen-bond acceptors (Lipinski definition) is 1. The van der Waals surface area contributed by atoms with E-state index in [4.69, 9.17) is 0 Å². The maximum Gasteiger partial charge on any atom is 0.143 e. The molecule has 1 N–H and O–H groups in total. The summed E-state index contributed by atoms with van der Waals surface area (Å²) in [6.45, 7) is 0. The van der Waals surface area contributed by atoms with Crippen molar-refractivity contribution < 1.29 is 9.50 Å². The van der Waals surface area contributed by atoms with Crippen molar-refractivity contribution in [1.29, 1.82) is 0 Å². The third kappa shape index (κ3) is 3.33. The summed E-state index contributed by atoms with van der Waals surface area (Å²) in [4.78, 5) is 0. The topological polar surface area (TPSA) is 20.2 Å². The van der Waals surface area contributed by atoms with Gasteiger partial charge >= 0.3 is 0 Å². The minimum atomic E-state index is -0.666. The highest BCUT2D eigenvalue weighted by molar-refractivity contribution is 9.10. The number of halogens is 2. The molecule has 1 unspecified atom stereocenters. The van der Waals surface area contributed by atoms with Gasteiger partial charge in [0.1, 0.15) is 5.82 Å². The quantitative estimate of drug-likeness (QED) is 0.816. The van der Waals surface area contributed by atoms with Crippen LogP contribution in [0.15, 0.2) is 22.7 Å². The SMILES string of the molecule is OC(c1cccc(Br)c1F)C1CCCCCCC1. The fraction of sp³-hybridized carbons (Fsp3) is 0.600. The molecular weight excluding hydrogens is 295 g/mol. The van der Waals surface area contributed by atoms with Gasteiger partial charge < -0.3 is 5.11 Å². The van der Waals surface area contributed by atoms with Gasteiger partial charge in [-0.25, -0.2) is 4.39 Å². The highest BCUT2D eigenvalue weighted by Crippen LogP contribution is 2.35. The number of hydrogen-bond donors (Lipinski definition) is 1. The monoisotopic (exact) mass is 314 g/mol. The summed E-state index contributed by atoms with van der Waals surface area (Å²) in [5, 5.41) is 10.4. The summed E-state index contributed by atoms with van der Waals surface area (Å²) >= 11 is 3.18. The minimum Gasteiger partial charge on any atom is -0.388 e. The molecule has 0 spiro atoms. The Labute approximate surface area is 117 Å². The highest BCUT2D eigenvalue weighted by Gasteiger charge is 2.24. The zero-order valence-corrected chi connectivity index (χ0v) is 12.1. The predicted octanol–water partition coefficient (Wildman–Crippen LogP) is 4.98. The first-order chi connectivity index (χ1) is 8.70. The Morgan fingerprint density at radius 2 is 1.72 bits per heavy atom. The molecule has 2 rings (SSSR count). The molecule has 1 saturated carbocycles. The van der Waals surface area contributed by atoms with Gasteiger partial charge in [-0.1, -0.05) is 44.2 Å². The first-order valence-corrected chi connectivity index (χ1v) is 7.61. The van der Waals surface area contributed by atoms with Gasteiger partial charge in [-0.05, 0) is 40.8 Å². The van der Waals surface area contributed by atoms with Crippen LogP contribution in [0.25, 0.3) is 0 Å². The summed E-state index contributed by atoms with van der Waals surface area (Å²) in [7, 11) is 0. The van der Waals surface area contributed by atoms with Crippen LogP contribution >= 0.6 is 15.9 Å². The van der Waals surface area contributed by atoms with Crippen LogP contribution in [-0.4, -0.2) is 5.11 Å². The Morgan fingerprint density at radius 1 is 1.11 bits per heavy atom. The molecule has 1 nitrogen and oxygen atoms in total. The van der Waals surface area contributed by atoms with E-state index in [2.05, 4.69) is 15.9 Å². The van der Waals surface area contributed by atoms with Gasteiger partial charge in [0.05, 0.1) is 10.6 Å². The van der Waals surface area contributed by atoms with Gasteiger partial charge in [-0.15, -0.1) is 0 Å². The molecule has 1 aliphatic carbocycles. The van der Waals surface area contributed by atoms with Gasteiger partial charge in [0.15, 0.2) is 0 Å². The molecule has 0 aliphatic heterocycles. The molecule has 18 heavy (non-hydrogen) atoms. The molecular formula is C15H20BrFO. The largest absolute Gasteiger partial charge is 0.388 e. The van der Waals surface area contributed by atoms with E-state index in [1.54, 1.807) is 18.2 Å². The predicted molar refractivity (Wildman–Crippen MR) is 74.9 cm³/mol. The maximum absolute atomic E-state index is 14.0. The molecule has 1 fully saturated rings. The van der Waals surface area contributed by atoms with Crippen molar-refractivity contribution in [3.63, 3.8) is 0 Å². The molecule has 0 aromatic heterocycles. The lowest BCUT2D eigenvalue weighted by Crippen LogP contribution is -2.15. The van der Waals surface area contributed by atoms with E-state index in [-0.39, 0.29) is 11.7 Å². The number of aliphatic hydroxyl groups is 1. The van der Waals surface area contributed by atoms with Crippen LogP contribution in [0.5, 0.6) is 0 Å². The molecule has 0 saturated heterocycles. The van der Waals surface area contributed by atoms with Crippen LogP contribution in [0.3, 0.4) is 0 Å². The van der Waals surface area contributed by atoms with Crippen LogP contribution in [0.2, 0.25) is 0 Å². The Morgan fingerprint density at radius 3 is 2.39 bits per heavy atom. The van der Waals surface area contributed by atoms with Gasteiger partial charge in [0.2, 0.25) is 0 Å². The lowest BCUT2D eigenvalue weighted by molar-refractivity contribution is 0.0878. The van der Waals surface area contributed by atoms with Crippen molar-refractivity contribution in [2.24, 2.45) is 5.92 Å². The summed E-state index contributed by atoms with van der Waals surface area (Å²) in [6.07, 6.45) is 7.43. The lowest BCUT2D eigenvalue weighted by Gasteiger charge is -2.25. The molecule has 100 valence electrons. The molecule has 1 aromatic rings. The molecule has 1 aromatic carbocycles. The third-order valence-corrected chi connectivity index (χ3v) is 4.51. The van der Waals surface area contributed by atoms with E-state index >= 15 is 0 Å². The van der Waals surface area contributed by atoms with Gasteiger partial charge in [0, 0.05) is 5.56 Å². The molecule has 0 radical (unpaired) electrons. The molecule has 1 atom stereocenters. The van der Waals surface area contributed by atoms with Crippen molar-refractivity contribution in [1.82, 2.24) is 0 Å². The van der Waals surface area contributed by atoms with Crippen molar-refractivity contribution in [3.05, 3.63) is 34.1 Å². The zero-order chi connectivity index (χ0) is 13.0. The molecule has 0 heterocycles. The van der Waals surface area contributed by atoms with E-state index < -0.39 is 6.10 Å². The lowest BCUT2D eigenvalue weighted by atomic mass is 9.84. The van der Waals surface area contributed by atoms with E-state index in [1.807, 2.05) is 0 Å². The van der Waals surface area contributed by atoms with Crippen LogP contribution in [0.4, 0.5) is 4.39 Å². The average molecular weight is 315 g/mol. The van der Waals surface area contributed by atoms with E-state index in [0.29, 0.717) is 10.0 Å². The van der Waals surface area contributed by atoms with E-state index in [9.17, 15) is 9.50 Å². The fourth-order valence-electron chi connectivity index (χ4n) is 2.81. The van der Waals surface area contributed by atoms with Crippen molar-refractivity contribution in [2.75, 3.05) is 0 Å². The minimum absolute atomic E-state index is 0.203. The third-order valence-electron chi connectivity index (χ3n) is 3.90. The van der Waals surface area contributed by atoms with Crippen LogP contribution < -0.4 is 0 Å². The molecule has 0 amide bonds. The standard InChI is InChI=1S/C15H20BrFO/c16-13-10-6-9-12(14(13)17)15(18)11-7-4-2-1-3-5-8-11/h6,9-11,15,18H,1-5,7-8H2. The molecule has 0 bridgehead atoms. The number of aliphatic hydroxyl groups excluding tert-OH is 1. The van der Waals surface area contributed by atoms with Gasteiger partial charge in [-0.3, -0.25) is 0 Å². The smallest absolute Gasteiger partial charge is 0.143 e. The summed E-state index contributed by atoms with van der Waals surface area (Å²) in [5.74, 6) is -0.110. The molecule has 3 heteroatoms. The maximum atomic E-state index is 14.0. The van der Waals surface area contributed by atoms with E-state index in [1.165, 1.54) is 19.3 Å². The first kappa shape index (κ1) is 14.0. The van der Waals surface area contributed by atoms with Crippen molar-refractivity contribution in [2.45, 2.75) is 51.0 Å². The van der Waals surface area contributed by atoms with Crippen LogP contribution in [0.1, 0.15) is 56.6 Å². The summed E-state index contributed by atoms with van der Waals surface area (Å²) < 4.78 is 14.4.